The van der Waals surface area contributed by atoms with Crippen LogP contribution in [0, 0.1) is 35.9 Å². The Morgan fingerprint density at radius 3 is 2.47 bits per heavy atom. The topological polar surface area (TPSA) is 142 Å². The first-order chi connectivity index (χ1) is 17.7. The molecule has 0 aliphatic heterocycles. The minimum absolute atomic E-state index is 0.0565. The lowest BCUT2D eigenvalue weighted by atomic mass is 9.98. The largest absolute Gasteiger partial charge is 0.435 e. The fraction of sp³-hybridized carbons (Fsp3) is 0.292. The minimum Gasteiger partial charge on any atom is -0.418 e. The van der Waals surface area contributed by atoms with E-state index in [1.54, 1.807) is 0 Å². The number of halogens is 4. The molecule has 0 saturated heterocycles. The maximum absolute atomic E-state index is 14.8. The Balaban J connectivity index is 1.77. The van der Waals surface area contributed by atoms with Gasteiger partial charge in [0, 0.05) is 28.0 Å². The zero-order valence-electron chi connectivity index (χ0n) is 20.2. The third-order valence-corrected chi connectivity index (χ3v) is 7.17. The number of carbonyl (C=O) groups is 1. The van der Waals surface area contributed by atoms with Gasteiger partial charge in [-0.05, 0) is 56.5 Å². The molecular formula is C24H20F4N6O3S. The van der Waals surface area contributed by atoms with Crippen LogP contribution in [-0.4, -0.2) is 31.6 Å². The molecule has 1 aliphatic carbocycles. The summed E-state index contributed by atoms with van der Waals surface area (Å²) in [5.41, 5.74) is -3.25. The van der Waals surface area contributed by atoms with Gasteiger partial charge in [0.1, 0.15) is 5.56 Å². The second kappa shape index (κ2) is 9.32. The Kier molecular flexibility index (Phi) is 6.60. The highest BCUT2D eigenvalue weighted by Gasteiger charge is 2.47. The number of anilines is 1. The SMILES string of the molecule is Cc1cc(C2(C#N)CC2)c(F)nc1Oc1nnc(C(F)(F)F)c(C)c1C(=O)Nc1cccc(S(C)(=N)=O)c1. The highest BCUT2D eigenvalue weighted by Crippen LogP contribution is 2.49. The monoisotopic (exact) mass is 548 g/mol. The predicted octanol–water partition coefficient (Wildman–Crippen LogP) is 5.28. The van der Waals surface area contributed by atoms with E-state index in [0.29, 0.717) is 12.8 Å². The lowest BCUT2D eigenvalue weighted by molar-refractivity contribution is -0.142. The molecule has 2 aromatic heterocycles. The second-order valence-electron chi connectivity index (χ2n) is 8.92. The molecule has 9 nitrogen and oxygen atoms in total. The first kappa shape index (κ1) is 26.9. The number of benzene rings is 1. The van der Waals surface area contributed by atoms with E-state index in [4.69, 9.17) is 9.52 Å². The summed E-state index contributed by atoms with van der Waals surface area (Å²) < 4.78 is 80.8. The van der Waals surface area contributed by atoms with E-state index in [0.717, 1.165) is 6.92 Å². The Bertz CT molecular complexity index is 1610. The summed E-state index contributed by atoms with van der Waals surface area (Å²) in [5, 5.41) is 18.4. The van der Waals surface area contributed by atoms with Crippen LogP contribution in [0.2, 0.25) is 0 Å². The Morgan fingerprint density at radius 1 is 1.21 bits per heavy atom. The van der Waals surface area contributed by atoms with Crippen LogP contribution in [0.25, 0.3) is 0 Å². The fourth-order valence-corrected chi connectivity index (χ4v) is 4.48. The molecule has 1 atom stereocenters. The fourth-order valence-electron chi connectivity index (χ4n) is 3.79. The van der Waals surface area contributed by atoms with Gasteiger partial charge in [-0.2, -0.15) is 27.8 Å². The summed E-state index contributed by atoms with van der Waals surface area (Å²) in [5.74, 6) is -3.08. The number of hydrogen-bond donors (Lipinski definition) is 2. The number of nitrogens with zero attached hydrogens (tertiary/aromatic N) is 4. The normalized spacial score (nSPS) is 15.7. The summed E-state index contributed by atoms with van der Waals surface area (Å²) >= 11 is 0. The van der Waals surface area contributed by atoms with E-state index < -0.39 is 55.9 Å². The highest BCUT2D eigenvalue weighted by molar-refractivity contribution is 7.91. The lowest BCUT2D eigenvalue weighted by Gasteiger charge is -2.17. The number of hydrogen-bond acceptors (Lipinski definition) is 8. The Labute approximate surface area is 214 Å². The number of amides is 1. The van der Waals surface area contributed by atoms with Gasteiger partial charge in [-0.1, -0.05) is 6.07 Å². The van der Waals surface area contributed by atoms with E-state index in [-0.39, 0.29) is 27.6 Å². The molecular weight excluding hydrogens is 528 g/mol. The van der Waals surface area contributed by atoms with Crippen LogP contribution >= 0.6 is 0 Å². The number of alkyl halides is 3. The third kappa shape index (κ3) is 5.14. The van der Waals surface area contributed by atoms with Crippen molar-refractivity contribution in [2.45, 2.75) is 43.2 Å². The van der Waals surface area contributed by atoms with Gasteiger partial charge in [0.05, 0.1) is 21.2 Å². The zero-order valence-corrected chi connectivity index (χ0v) is 21.1. The molecule has 1 saturated carbocycles. The van der Waals surface area contributed by atoms with E-state index in [1.807, 2.05) is 0 Å². The van der Waals surface area contributed by atoms with Crippen molar-refractivity contribution in [2.24, 2.45) is 0 Å². The van der Waals surface area contributed by atoms with E-state index >= 15 is 0 Å². The molecule has 2 heterocycles. The van der Waals surface area contributed by atoms with E-state index in [1.165, 1.54) is 43.5 Å². The van der Waals surface area contributed by atoms with Crippen LogP contribution in [-0.2, 0) is 21.3 Å². The summed E-state index contributed by atoms with van der Waals surface area (Å²) in [6.45, 7) is 2.50. The van der Waals surface area contributed by atoms with Crippen molar-refractivity contribution in [1.82, 2.24) is 15.2 Å². The number of nitrogens with one attached hydrogen (secondary N) is 2. The smallest absolute Gasteiger partial charge is 0.418 e. The van der Waals surface area contributed by atoms with Crippen molar-refractivity contribution < 1.29 is 31.3 Å². The molecule has 3 aromatic rings. The average molecular weight is 549 g/mol. The van der Waals surface area contributed by atoms with Gasteiger partial charge in [-0.25, -0.2) is 8.99 Å². The van der Waals surface area contributed by atoms with Gasteiger partial charge >= 0.3 is 6.18 Å². The van der Waals surface area contributed by atoms with Gasteiger partial charge in [0.25, 0.3) is 11.8 Å². The molecule has 1 aromatic carbocycles. The van der Waals surface area contributed by atoms with Crippen LogP contribution in [0.4, 0.5) is 23.2 Å². The molecule has 198 valence electrons. The van der Waals surface area contributed by atoms with Crippen LogP contribution in [0.15, 0.2) is 35.2 Å². The third-order valence-electron chi connectivity index (χ3n) is 6.02. The number of aryl methyl sites for hydroxylation is 1. The molecule has 0 radical (unpaired) electrons. The molecule has 1 amide bonds. The quantitative estimate of drug-likeness (QED) is 0.315. The number of aromatic nitrogens is 3. The lowest BCUT2D eigenvalue weighted by Crippen LogP contribution is -2.21. The van der Waals surface area contributed by atoms with Gasteiger partial charge in [-0.15, -0.1) is 10.2 Å². The van der Waals surface area contributed by atoms with Gasteiger partial charge in [0.15, 0.2) is 5.69 Å². The van der Waals surface area contributed by atoms with Crippen LogP contribution < -0.4 is 10.1 Å². The summed E-state index contributed by atoms with van der Waals surface area (Å²) in [6, 6.07) is 8.91. The number of carbonyl (C=O) groups excluding carboxylic acids is 1. The van der Waals surface area contributed by atoms with Crippen molar-refractivity contribution in [3.63, 3.8) is 0 Å². The maximum Gasteiger partial charge on any atom is 0.435 e. The van der Waals surface area contributed by atoms with Crippen molar-refractivity contribution in [2.75, 3.05) is 11.6 Å². The first-order valence-electron chi connectivity index (χ1n) is 11.0. The Hall–Kier alpha value is -4.12. The van der Waals surface area contributed by atoms with Gasteiger partial charge in [-0.3, -0.25) is 4.79 Å². The molecule has 1 aliphatic rings. The van der Waals surface area contributed by atoms with Crippen LogP contribution in [0.3, 0.4) is 0 Å². The summed E-state index contributed by atoms with van der Waals surface area (Å²) in [6.07, 6.45) is -2.84. The molecule has 0 bridgehead atoms. The Morgan fingerprint density at radius 2 is 1.89 bits per heavy atom. The highest BCUT2D eigenvalue weighted by atomic mass is 32.2. The second-order valence-corrected chi connectivity index (χ2v) is 11.1. The molecule has 38 heavy (non-hydrogen) atoms. The zero-order chi connectivity index (χ0) is 28.0. The number of nitriles is 1. The molecule has 14 heteroatoms. The van der Waals surface area contributed by atoms with E-state index in [2.05, 4.69) is 26.6 Å². The number of rotatable bonds is 6. The van der Waals surface area contributed by atoms with Crippen LogP contribution in [0.5, 0.6) is 11.8 Å². The molecule has 1 fully saturated rings. The number of ether oxygens (including phenoxy) is 1. The summed E-state index contributed by atoms with van der Waals surface area (Å²) in [4.78, 5) is 17.0. The van der Waals surface area contributed by atoms with E-state index in [9.17, 15) is 31.8 Å². The first-order valence-corrected chi connectivity index (χ1v) is 13.0. The van der Waals surface area contributed by atoms with Crippen LogP contribution in [0.1, 0.15) is 45.6 Å². The standard InChI is InChI=1S/C24H20F4N6O3S/c1-12-9-16(23(11-29)7-8-23)19(25)32-21(12)37-22-17(13(2)18(33-34-22)24(26,27)28)20(35)31-14-5-4-6-15(10-14)38(3,30)36/h4-6,9-10,30H,7-8H2,1-3H3,(H,31,35). The maximum atomic E-state index is 14.8. The van der Waals surface area contributed by atoms with Crippen molar-refractivity contribution >= 4 is 21.3 Å². The van der Waals surface area contributed by atoms with Gasteiger partial charge < -0.3 is 10.1 Å². The minimum atomic E-state index is -4.94. The predicted molar refractivity (Wildman–Crippen MR) is 127 cm³/mol. The average Bonchev–Trinajstić information content (AvgIpc) is 3.61. The molecule has 0 spiro atoms. The molecule has 1 unspecified atom stereocenters. The van der Waals surface area contributed by atoms with Crippen molar-refractivity contribution in [3.8, 4) is 17.8 Å². The van der Waals surface area contributed by atoms with Crippen molar-refractivity contribution in [1.29, 1.82) is 10.0 Å². The number of pyridine rings is 1. The van der Waals surface area contributed by atoms with Crippen molar-refractivity contribution in [3.05, 3.63) is 64.2 Å². The molecule has 2 N–H and O–H groups in total. The summed E-state index contributed by atoms with van der Waals surface area (Å²) in [7, 11) is -3.14. The molecule has 4 rings (SSSR count). The van der Waals surface area contributed by atoms with Gasteiger partial charge in [0.2, 0.25) is 11.8 Å².